The van der Waals surface area contributed by atoms with E-state index >= 15 is 0 Å². The summed E-state index contributed by atoms with van der Waals surface area (Å²) in [6, 6.07) is 17.6. The first kappa shape index (κ1) is 19.5. The molecule has 3 unspecified atom stereocenters. The van der Waals surface area contributed by atoms with Gasteiger partial charge in [-0.15, -0.1) is 0 Å². The summed E-state index contributed by atoms with van der Waals surface area (Å²) in [4.78, 5) is 2.67. The first-order valence-corrected chi connectivity index (χ1v) is 10.8. The number of benzene rings is 2. The van der Waals surface area contributed by atoms with Crippen molar-refractivity contribution in [3.8, 4) is 5.75 Å². The fourth-order valence-electron chi connectivity index (χ4n) is 5.39. The van der Waals surface area contributed by atoms with Crippen LogP contribution < -0.4 is 4.74 Å². The molecule has 150 valence electrons. The molecule has 2 aromatic carbocycles. The first-order valence-electron chi connectivity index (χ1n) is 10.8. The van der Waals surface area contributed by atoms with Gasteiger partial charge in [-0.25, -0.2) is 0 Å². The van der Waals surface area contributed by atoms with Crippen molar-refractivity contribution in [2.75, 3.05) is 20.2 Å². The van der Waals surface area contributed by atoms with Gasteiger partial charge in [0, 0.05) is 18.2 Å². The molecule has 28 heavy (non-hydrogen) atoms. The van der Waals surface area contributed by atoms with Crippen molar-refractivity contribution < 1.29 is 9.84 Å². The number of piperidine rings is 1. The maximum Gasteiger partial charge on any atom is 0.122 e. The Morgan fingerprint density at radius 1 is 1.07 bits per heavy atom. The predicted molar refractivity (Wildman–Crippen MR) is 114 cm³/mol. The number of hydrogen-bond donors (Lipinski definition) is 1. The van der Waals surface area contributed by atoms with Crippen LogP contribution >= 0.6 is 0 Å². The van der Waals surface area contributed by atoms with Crippen molar-refractivity contribution in [2.45, 2.75) is 57.1 Å². The van der Waals surface area contributed by atoms with E-state index in [0.717, 1.165) is 43.7 Å². The molecule has 3 atom stereocenters. The number of ether oxygens (including phenoxy) is 1. The molecule has 4 rings (SSSR count). The van der Waals surface area contributed by atoms with Crippen LogP contribution in [-0.4, -0.2) is 30.2 Å². The summed E-state index contributed by atoms with van der Waals surface area (Å²) in [6.45, 7) is 4.20. The minimum Gasteiger partial charge on any atom is -0.496 e. The molecule has 0 amide bonds. The zero-order valence-electron chi connectivity index (χ0n) is 17.2. The second-order valence-electron chi connectivity index (χ2n) is 8.79. The maximum absolute atomic E-state index is 11.3. The Hall–Kier alpha value is -1.84. The van der Waals surface area contributed by atoms with Crippen LogP contribution in [0.2, 0.25) is 0 Å². The third kappa shape index (κ3) is 3.97. The molecule has 0 radical (unpaired) electrons. The molecular formula is C25H33NO2. The van der Waals surface area contributed by atoms with Crippen LogP contribution in [0, 0.1) is 5.92 Å². The predicted octanol–water partition coefficient (Wildman–Crippen LogP) is 5.08. The number of methoxy groups -OCH3 is 1. The first-order chi connectivity index (χ1) is 13.6. The monoisotopic (exact) mass is 379 g/mol. The van der Waals surface area contributed by atoms with Crippen molar-refractivity contribution >= 4 is 0 Å². The Morgan fingerprint density at radius 2 is 1.89 bits per heavy atom. The minimum atomic E-state index is -0.803. The highest BCUT2D eigenvalue weighted by molar-refractivity contribution is 5.44. The van der Waals surface area contributed by atoms with Crippen molar-refractivity contribution in [1.82, 2.24) is 4.90 Å². The van der Waals surface area contributed by atoms with Gasteiger partial charge in [-0.2, -0.15) is 0 Å². The van der Waals surface area contributed by atoms with E-state index in [0.29, 0.717) is 12.0 Å². The lowest BCUT2D eigenvalue weighted by atomic mass is 9.85. The molecule has 3 nitrogen and oxygen atoms in total. The highest BCUT2D eigenvalue weighted by atomic mass is 16.5. The molecule has 0 spiro atoms. The molecule has 1 aliphatic heterocycles. The molecule has 1 heterocycles. The van der Waals surface area contributed by atoms with Gasteiger partial charge in [0.15, 0.2) is 0 Å². The van der Waals surface area contributed by atoms with Crippen LogP contribution in [0.5, 0.6) is 5.75 Å². The lowest BCUT2D eigenvalue weighted by molar-refractivity contribution is 0.0189. The van der Waals surface area contributed by atoms with E-state index in [1.165, 1.54) is 30.4 Å². The third-order valence-corrected chi connectivity index (χ3v) is 6.71. The van der Waals surface area contributed by atoms with Gasteiger partial charge in [0.1, 0.15) is 5.75 Å². The van der Waals surface area contributed by atoms with Crippen molar-refractivity contribution in [3.63, 3.8) is 0 Å². The van der Waals surface area contributed by atoms with E-state index in [9.17, 15) is 5.11 Å². The Kier molecular flexibility index (Phi) is 5.75. The molecule has 1 aliphatic carbocycles. The SMILES string of the molecule is COc1cccc2c1CCC(CN1CCCCC1c1ccccc1)CC2(C)O. The number of fused-ring (bicyclic) bond motifs is 1. The van der Waals surface area contributed by atoms with Gasteiger partial charge in [-0.3, -0.25) is 4.90 Å². The quantitative estimate of drug-likeness (QED) is 0.752. The van der Waals surface area contributed by atoms with E-state index in [2.05, 4.69) is 41.3 Å². The summed E-state index contributed by atoms with van der Waals surface area (Å²) in [7, 11) is 1.73. The fraction of sp³-hybridized carbons (Fsp3) is 0.520. The molecule has 1 saturated heterocycles. The largest absolute Gasteiger partial charge is 0.496 e. The van der Waals surface area contributed by atoms with E-state index in [-0.39, 0.29) is 0 Å². The number of hydrogen-bond acceptors (Lipinski definition) is 3. The zero-order chi connectivity index (χ0) is 19.6. The van der Waals surface area contributed by atoms with E-state index in [1.807, 2.05) is 19.1 Å². The summed E-state index contributed by atoms with van der Waals surface area (Å²) in [5, 5.41) is 11.3. The van der Waals surface area contributed by atoms with Gasteiger partial charge in [0.25, 0.3) is 0 Å². The topological polar surface area (TPSA) is 32.7 Å². The zero-order valence-corrected chi connectivity index (χ0v) is 17.2. The minimum absolute atomic E-state index is 0.483. The van der Waals surface area contributed by atoms with Gasteiger partial charge in [0.2, 0.25) is 0 Å². The molecule has 0 aromatic heterocycles. The van der Waals surface area contributed by atoms with Crippen LogP contribution in [0.1, 0.15) is 61.8 Å². The van der Waals surface area contributed by atoms with Gasteiger partial charge in [-0.05, 0) is 68.7 Å². The third-order valence-electron chi connectivity index (χ3n) is 6.71. The summed E-state index contributed by atoms with van der Waals surface area (Å²) in [5.41, 5.74) is 2.87. The highest BCUT2D eigenvalue weighted by Gasteiger charge is 2.35. The molecule has 0 saturated carbocycles. The van der Waals surface area contributed by atoms with E-state index < -0.39 is 5.60 Å². The van der Waals surface area contributed by atoms with Crippen LogP contribution in [0.25, 0.3) is 0 Å². The van der Waals surface area contributed by atoms with Crippen LogP contribution in [0.3, 0.4) is 0 Å². The van der Waals surface area contributed by atoms with Crippen molar-refractivity contribution in [1.29, 1.82) is 0 Å². The normalized spacial score (nSPS) is 28.4. The Balaban J connectivity index is 1.54. The van der Waals surface area contributed by atoms with Crippen LogP contribution in [0.4, 0.5) is 0 Å². The second kappa shape index (κ2) is 8.26. The fourth-order valence-corrected chi connectivity index (χ4v) is 5.39. The molecule has 1 fully saturated rings. The Labute approximate surface area is 169 Å². The molecule has 1 N–H and O–H groups in total. The Bertz CT molecular complexity index is 786. The van der Waals surface area contributed by atoms with Gasteiger partial charge in [0.05, 0.1) is 12.7 Å². The maximum atomic E-state index is 11.3. The van der Waals surface area contributed by atoms with Crippen molar-refractivity contribution in [3.05, 3.63) is 65.2 Å². The average Bonchev–Trinajstić information content (AvgIpc) is 2.85. The Morgan fingerprint density at radius 3 is 2.68 bits per heavy atom. The summed E-state index contributed by atoms with van der Waals surface area (Å²) < 4.78 is 5.60. The number of likely N-dealkylation sites (tertiary alicyclic amines) is 1. The smallest absolute Gasteiger partial charge is 0.122 e. The van der Waals surface area contributed by atoms with E-state index in [4.69, 9.17) is 4.74 Å². The molecular weight excluding hydrogens is 346 g/mol. The summed E-state index contributed by atoms with van der Waals surface area (Å²) in [6.07, 6.45) is 6.71. The molecule has 3 heteroatoms. The van der Waals surface area contributed by atoms with Crippen LogP contribution in [0.15, 0.2) is 48.5 Å². The van der Waals surface area contributed by atoms with Crippen molar-refractivity contribution in [2.24, 2.45) is 5.92 Å². The molecule has 0 bridgehead atoms. The van der Waals surface area contributed by atoms with Crippen LogP contribution in [-0.2, 0) is 12.0 Å². The lowest BCUT2D eigenvalue weighted by Crippen LogP contribution is -2.38. The van der Waals surface area contributed by atoms with Gasteiger partial charge < -0.3 is 9.84 Å². The standard InChI is InChI=1S/C25H33NO2/c1-25(27)17-19(14-15-21-22(25)11-8-13-24(21)28-2)18-26-16-7-6-12-23(26)20-9-4-3-5-10-20/h3-5,8-11,13,19,23,27H,6-7,12,14-18H2,1-2H3. The number of rotatable bonds is 4. The number of aliphatic hydroxyl groups is 1. The molecule has 2 aromatic rings. The average molecular weight is 380 g/mol. The summed E-state index contributed by atoms with van der Waals surface area (Å²) >= 11 is 0. The van der Waals surface area contributed by atoms with Gasteiger partial charge in [-0.1, -0.05) is 48.9 Å². The molecule has 2 aliphatic rings. The second-order valence-corrected chi connectivity index (χ2v) is 8.79. The van der Waals surface area contributed by atoms with Gasteiger partial charge >= 0.3 is 0 Å². The summed E-state index contributed by atoms with van der Waals surface area (Å²) in [5.74, 6) is 1.40. The van der Waals surface area contributed by atoms with E-state index in [1.54, 1.807) is 7.11 Å². The lowest BCUT2D eigenvalue weighted by Gasteiger charge is -2.39. The highest BCUT2D eigenvalue weighted by Crippen LogP contribution is 2.41. The number of nitrogens with zero attached hydrogens (tertiary/aromatic N) is 1.